The standard InChI is InChI=1S/C22H27N5O5/c1-22(2,3)32-21(30)26-11-9-14(10-12-26)19(29)31-13-17-23-24-20-25(4)18(28)15-7-5-6-8-16(15)27(17)20/h5-8,14H,9-13H2,1-4H3. The summed E-state index contributed by atoms with van der Waals surface area (Å²) in [7, 11) is 1.63. The number of ether oxygens (including phenoxy) is 2. The molecule has 1 aliphatic rings. The average Bonchev–Trinajstić information content (AvgIpc) is 3.19. The number of piperidine rings is 1. The topological polar surface area (TPSA) is 108 Å². The summed E-state index contributed by atoms with van der Waals surface area (Å²) in [5.74, 6) is 0.186. The molecule has 0 bridgehead atoms. The Morgan fingerprint density at radius 2 is 1.81 bits per heavy atom. The fourth-order valence-corrected chi connectivity index (χ4v) is 3.86. The first-order valence-electron chi connectivity index (χ1n) is 10.6. The number of amides is 1. The molecule has 0 unspecified atom stereocenters. The number of fused-ring (bicyclic) bond motifs is 3. The van der Waals surface area contributed by atoms with E-state index in [9.17, 15) is 14.4 Å². The maximum atomic E-state index is 12.6. The van der Waals surface area contributed by atoms with Crippen LogP contribution in [-0.4, -0.2) is 54.8 Å². The van der Waals surface area contributed by atoms with Gasteiger partial charge in [-0.1, -0.05) is 12.1 Å². The zero-order valence-corrected chi connectivity index (χ0v) is 18.7. The number of hydrogen-bond acceptors (Lipinski definition) is 7. The van der Waals surface area contributed by atoms with Gasteiger partial charge >= 0.3 is 12.1 Å². The second kappa shape index (κ2) is 8.25. The van der Waals surface area contributed by atoms with Gasteiger partial charge in [-0.3, -0.25) is 18.6 Å². The molecule has 3 aromatic rings. The lowest BCUT2D eigenvalue weighted by Crippen LogP contribution is -2.43. The molecular weight excluding hydrogens is 414 g/mol. The van der Waals surface area contributed by atoms with Gasteiger partial charge in [-0.25, -0.2) is 4.79 Å². The monoisotopic (exact) mass is 441 g/mol. The van der Waals surface area contributed by atoms with Gasteiger partial charge in [0.2, 0.25) is 5.78 Å². The Hall–Kier alpha value is -3.43. The number of likely N-dealkylation sites (tertiary alicyclic amines) is 1. The van der Waals surface area contributed by atoms with Gasteiger partial charge in [-0.05, 0) is 45.7 Å². The van der Waals surface area contributed by atoms with Crippen molar-refractivity contribution in [3.63, 3.8) is 0 Å². The molecule has 32 heavy (non-hydrogen) atoms. The van der Waals surface area contributed by atoms with E-state index >= 15 is 0 Å². The smallest absolute Gasteiger partial charge is 0.410 e. The van der Waals surface area contributed by atoms with Crippen molar-refractivity contribution in [3.05, 3.63) is 40.4 Å². The Morgan fingerprint density at radius 3 is 2.50 bits per heavy atom. The zero-order chi connectivity index (χ0) is 23.0. The van der Waals surface area contributed by atoms with Crippen LogP contribution in [0.1, 0.15) is 39.4 Å². The molecule has 0 aliphatic carbocycles. The highest BCUT2D eigenvalue weighted by molar-refractivity contribution is 5.80. The van der Waals surface area contributed by atoms with Crippen LogP contribution in [0, 0.1) is 5.92 Å². The molecule has 4 rings (SSSR count). The number of nitrogens with zero attached hydrogens (tertiary/aromatic N) is 5. The Bertz CT molecular complexity index is 1230. The van der Waals surface area contributed by atoms with Gasteiger partial charge in [0.05, 0.1) is 16.8 Å². The lowest BCUT2D eigenvalue weighted by molar-refractivity contribution is -0.151. The highest BCUT2D eigenvalue weighted by atomic mass is 16.6. The van der Waals surface area contributed by atoms with Crippen molar-refractivity contribution in [2.75, 3.05) is 13.1 Å². The van der Waals surface area contributed by atoms with Crippen molar-refractivity contribution in [1.29, 1.82) is 0 Å². The molecule has 2 aromatic heterocycles. The molecule has 1 saturated heterocycles. The molecule has 1 amide bonds. The molecule has 0 atom stereocenters. The third kappa shape index (κ3) is 4.17. The van der Waals surface area contributed by atoms with E-state index < -0.39 is 5.60 Å². The van der Waals surface area contributed by atoms with Crippen molar-refractivity contribution in [2.24, 2.45) is 13.0 Å². The van der Waals surface area contributed by atoms with E-state index in [-0.39, 0.29) is 30.1 Å². The van der Waals surface area contributed by atoms with Crippen LogP contribution in [0.15, 0.2) is 29.1 Å². The Balaban J connectivity index is 1.43. The van der Waals surface area contributed by atoms with E-state index in [2.05, 4.69) is 10.2 Å². The maximum Gasteiger partial charge on any atom is 0.410 e. The summed E-state index contributed by atoms with van der Waals surface area (Å²) in [6.45, 7) is 6.29. The molecule has 170 valence electrons. The van der Waals surface area contributed by atoms with Crippen molar-refractivity contribution < 1.29 is 19.1 Å². The van der Waals surface area contributed by atoms with Gasteiger partial charge in [0.15, 0.2) is 12.4 Å². The molecule has 0 radical (unpaired) electrons. The van der Waals surface area contributed by atoms with E-state index in [1.807, 2.05) is 32.9 Å². The Labute approximate surface area is 184 Å². The summed E-state index contributed by atoms with van der Waals surface area (Å²) in [5, 5.41) is 8.78. The number of hydrogen-bond donors (Lipinski definition) is 0. The predicted octanol–water partition coefficient (Wildman–Crippen LogP) is 2.27. The Morgan fingerprint density at radius 1 is 1.12 bits per heavy atom. The molecule has 0 saturated carbocycles. The summed E-state index contributed by atoms with van der Waals surface area (Å²) in [6, 6.07) is 7.18. The average molecular weight is 441 g/mol. The fourth-order valence-electron chi connectivity index (χ4n) is 3.86. The van der Waals surface area contributed by atoms with Crippen LogP contribution in [0.2, 0.25) is 0 Å². The SMILES string of the molecule is Cn1c(=O)c2ccccc2n2c(COC(=O)C3CCN(C(=O)OC(C)(C)C)CC3)nnc12. The van der Waals surface area contributed by atoms with E-state index in [1.165, 1.54) is 4.57 Å². The molecule has 10 nitrogen and oxygen atoms in total. The molecule has 1 aliphatic heterocycles. The lowest BCUT2D eigenvalue weighted by Gasteiger charge is -2.32. The van der Waals surface area contributed by atoms with Crippen LogP contribution in [0.5, 0.6) is 0 Å². The van der Waals surface area contributed by atoms with Crippen LogP contribution in [0.25, 0.3) is 16.7 Å². The number of esters is 1. The van der Waals surface area contributed by atoms with Gasteiger partial charge in [-0.15, -0.1) is 10.2 Å². The largest absolute Gasteiger partial charge is 0.457 e. The van der Waals surface area contributed by atoms with Gasteiger partial charge in [0, 0.05) is 20.1 Å². The maximum absolute atomic E-state index is 12.6. The fraction of sp³-hybridized carbons (Fsp3) is 0.500. The van der Waals surface area contributed by atoms with Crippen LogP contribution in [-0.2, 0) is 27.9 Å². The third-order valence-corrected chi connectivity index (χ3v) is 5.52. The molecule has 3 heterocycles. The minimum atomic E-state index is -0.554. The van der Waals surface area contributed by atoms with Crippen molar-refractivity contribution in [1.82, 2.24) is 24.1 Å². The van der Waals surface area contributed by atoms with Gasteiger partial charge in [0.25, 0.3) is 5.56 Å². The summed E-state index contributed by atoms with van der Waals surface area (Å²) in [4.78, 5) is 39.0. The van der Waals surface area contributed by atoms with Crippen LogP contribution >= 0.6 is 0 Å². The highest BCUT2D eigenvalue weighted by Gasteiger charge is 2.31. The van der Waals surface area contributed by atoms with E-state index in [0.29, 0.717) is 48.4 Å². The van der Waals surface area contributed by atoms with E-state index in [0.717, 1.165) is 0 Å². The summed E-state index contributed by atoms with van der Waals surface area (Å²) < 4.78 is 14.1. The molecule has 10 heteroatoms. The van der Waals surface area contributed by atoms with Gasteiger partial charge in [-0.2, -0.15) is 0 Å². The van der Waals surface area contributed by atoms with Crippen LogP contribution < -0.4 is 5.56 Å². The first-order chi connectivity index (χ1) is 15.2. The molecule has 0 spiro atoms. The van der Waals surface area contributed by atoms with Crippen molar-refractivity contribution in [3.8, 4) is 0 Å². The summed E-state index contributed by atoms with van der Waals surface area (Å²) in [6.07, 6.45) is 0.656. The molecule has 1 aromatic carbocycles. The second-order valence-electron chi connectivity index (χ2n) is 8.98. The first kappa shape index (κ1) is 21.8. The number of rotatable bonds is 3. The zero-order valence-electron chi connectivity index (χ0n) is 18.7. The third-order valence-electron chi connectivity index (χ3n) is 5.52. The lowest BCUT2D eigenvalue weighted by atomic mass is 9.97. The number of aryl methyl sites for hydroxylation is 1. The van der Waals surface area contributed by atoms with Crippen LogP contribution in [0.4, 0.5) is 4.79 Å². The Kier molecular flexibility index (Phi) is 5.62. The summed E-state index contributed by atoms with van der Waals surface area (Å²) >= 11 is 0. The number of benzene rings is 1. The molecule has 0 N–H and O–H groups in total. The quantitative estimate of drug-likeness (QED) is 0.574. The van der Waals surface area contributed by atoms with Gasteiger partial charge < -0.3 is 14.4 Å². The minimum Gasteiger partial charge on any atom is -0.457 e. The number of carbonyl (C=O) groups excluding carboxylic acids is 2. The molecule has 1 fully saturated rings. The normalized spacial score (nSPS) is 15.3. The van der Waals surface area contributed by atoms with E-state index in [4.69, 9.17) is 9.47 Å². The highest BCUT2D eigenvalue weighted by Crippen LogP contribution is 2.22. The first-order valence-corrected chi connectivity index (χ1v) is 10.6. The molecular formula is C22H27N5O5. The minimum absolute atomic E-state index is 0.0610. The van der Waals surface area contributed by atoms with Crippen molar-refractivity contribution >= 4 is 28.7 Å². The predicted molar refractivity (Wildman–Crippen MR) is 116 cm³/mol. The van der Waals surface area contributed by atoms with E-state index in [1.54, 1.807) is 28.5 Å². The summed E-state index contributed by atoms with van der Waals surface area (Å²) in [5.41, 5.74) is -0.0604. The number of carbonyl (C=O) groups is 2. The number of para-hydroxylation sites is 1. The number of aromatic nitrogens is 4. The second-order valence-corrected chi connectivity index (χ2v) is 8.98. The van der Waals surface area contributed by atoms with Gasteiger partial charge in [0.1, 0.15) is 5.60 Å². The van der Waals surface area contributed by atoms with Crippen molar-refractivity contribution in [2.45, 2.75) is 45.8 Å². The van der Waals surface area contributed by atoms with Crippen LogP contribution in [0.3, 0.4) is 0 Å².